The Labute approximate surface area is 130 Å². The maximum absolute atomic E-state index is 3.53. The molecule has 3 heteroatoms. The molecule has 2 rings (SSSR count). The molecule has 1 saturated heterocycles. The van der Waals surface area contributed by atoms with E-state index >= 15 is 0 Å². The quantitative estimate of drug-likeness (QED) is 0.899. The zero-order valence-corrected chi connectivity index (χ0v) is 14.3. The maximum atomic E-state index is 3.53. The topological polar surface area (TPSA) is 18.5 Å². The molecule has 0 aliphatic carbocycles. The van der Waals surface area contributed by atoms with Gasteiger partial charge in [0.25, 0.3) is 0 Å². The molecule has 1 atom stereocenters. The van der Waals surface area contributed by atoms with Gasteiger partial charge in [-0.05, 0) is 56.6 Å². The van der Waals surface area contributed by atoms with Crippen LogP contribution in [0.2, 0.25) is 0 Å². The van der Waals surface area contributed by atoms with Crippen LogP contribution in [-0.2, 0) is 6.54 Å². The first kappa shape index (κ1) is 16.3. The number of benzene rings is 1. The molecule has 0 bridgehead atoms. The standard InChI is InChI=1S/C18H31N3/c1-14(2)11-19-12-17-6-7-18(10-15(17)3)21-9-8-20(5)16(4)13-21/h6-7,10,14,16,19H,8-9,11-13H2,1-5H3. The Kier molecular flexibility index (Phi) is 5.65. The van der Waals surface area contributed by atoms with Crippen LogP contribution >= 0.6 is 0 Å². The van der Waals surface area contributed by atoms with Gasteiger partial charge in [-0.1, -0.05) is 19.9 Å². The van der Waals surface area contributed by atoms with Crippen molar-refractivity contribution in [2.45, 2.75) is 40.3 Å². The zero-order chi connectivity index (χ0) is 15.4. The first-order valence-electron chi connectivity index (χ1n) is 8.22. The molecule has 3 nitrogen and oxygen atoms in total. The molecule has 1 aliphatic heterocycles. The summed E-state index contributed by atoms with van der Waals surface area (Å²) in [6.45, 7) is 14.5. The number of anilines is 1. The number of nitrogens with one attached hydrogen (secondary N) is 1. The monoisotopic (exact) mass is 289 g/mol. The Morgan fingerprint density at radius 1 is 1.29 bits per heavy atom. The summed E-state index contributed by atoms with van der Waals surface area (Å²) in [7, 11) is 2.22. The second-order valence-electron chi connectivity index (χ2n) is 6.91. The van der Waals surface area contributed by atoms with Crippen molar-refractivity contribution < 1.29 is 0 Å². The van der Waals surface area contributed by atoms with E-state index in [2.05, 4.69) is 68.1 Å². The second-order valence-corrected chi connectivity index (χ2v) is 6.91. The fourth-order valence-corrected chi connectivity index (χ4v) is 2.85. The third-order valence-corrected chi connectivity index (χ3v) is 4.52. The van der Waals surface area contributed by atoms with Crippen LogP contribution < -0.4 is 10.2 Å². The Balaban J connectivity index is 1.98. The summed E-state index contributed by atoms with van der Waals surface area (Å²) in [6.07, 6.45) is 0. The Hall–Kier alpha value is -1.06. The Morgan fingerprint density at radius 3 is 2.67 bits per heavy atom. The summed E-state index contributed by atoms with van der Waals surface area (Å²) >= 11 is 0. The molecule has 0 radical (unpaired) electrons. The van der Waals surface area contributed by atoms with Crippen LogP contribution in [-0.4, -0.2) is 44.2 Å². The van der Waals surface area contributed by atoms with Crippen molar-refractivity contribution in [1.82, 2.24) is 10.2 Å². The molecule has 118 valence electrons. The van der Waals surface area contributed by atoms with Crippen LogP contribution in [0.1, 0.15) is 31.9 Å². The van der Waals surface area contributed by atoms with Crippen LogP contribution in [0.15, 0.2) is 18.2 Å². The lowest BCUT2D eigenvalue weighted by atomic mass is 10.1. The van der Waals surface area contributed by atoms with Crippen molar-refractivity contribution in [3.63, 3.8) is 0 Å². The molecule has 21 heavy (non-hydrogen) atoms. The largest absolute Gasteiger partial charge is 0.369 e. The van der Waals surface area contributed by atoms with Gasteiger partial charge in [0.2, 0.25) is 0 Å². The fraction of sp³-hybridized carbons (Fsp3) is 0.667. The second kappa shape index (κ2) is 7.28. The summed E-state index contributed by atoms with van der Waals surface area (Å²) in [6, 6.07) is 7.56. The minimum Gasteiger partial charge on any atom is -0.369 e. The first-order chi connectivity index (χ1) is 9.97. The van der Waals surface area contributed by atoms with Crippen LogP contribution in [0, 0.1) is 12.8 Å². The van der Waals surface area contributed by atoms with Gasteiger partial charge in [-0.15, -0.1) is 0 Å². The lowest BCUT2D eigenvalue weighted by molar-refractivity contribution is 0.234. The van der Waals surface area contributed by atoms with E-state index in [1.54, 1.807) is 0 Å². The molecule has 1 unspecified atom stereocenters. The van der Waals surface area contributed by atoms with Gasteiger partial charge >= 0.3 is 0 Å². The highest BCUT2D eigenvalue weighted by atomic mass is 15.3. The molecular weight excluding hydrogens is 258 g/mol. The molecule has 0 amide bonds. The molecule has 1 aliphatic rings. The number of likely N-dealkylation sites (N-methyl/N-ethyl adjacent to an activating group) is 1. The van der Waals surface area contributed by atoms with Crippen LogP contribution in [0.5, 0.6) is 0 Å². The minimum absolute atomic E-state index is 0.631. The highest BCUT2D eigenvalue weighted by Crippen LogP contribution is 2.22. The average Bonchev–Trinajstić information content (AvgIpc) is 2.43. The van der Waals surface area contributed by atoms with E-state index in [0.29, 0.717) is 12.0 Å². The van der Waals surface area contributed by atoms with Gasteiger partial charge in [0.15, 0.2) is 0 Å². The van der Waals surface area contributed by atoms with Crippen molar-refractivity contribution in [3.8, 4) is 0 Å². The summed E-state index contributed by atoms with van der Waals surface area (Å²) < 4.78 is 0. The molecule has 1 N–H and O–H groups in total. The lowest BCUT2D eigenvalue weighted by Crippen LogP contribution is -2.50. The van der Waals surface area contributed by atoms with Crippen molar-refractivity contribution in [1.29, 1.82) is 0 Å². The molecule has 0 saturated carbocycles. The molecule has 1 aromatic rings. The van der Waals surface area contributed by atoms with Gasteiger partial charge in [-0.3, -0.25) is 0 Å². The Morgan fingerprint density at radius 2 is 2.05 bits per heavy atom. The third kappa shape index (κ3) is 4.45. The number of rotatable bonds is 5. The van der Waals surface area contributed by atoms with E-state index in [9.17, 15) is 0 Å². The number of hydrogen-bond donors (Lipinski definition) is 1. The van der Waals surface area contributed by atoms with Crippen molar-refractivity contribution in [2.75, 3.05) is 38.1 Å². The van der Waals surface area contributed by atoms with E-state index in [-0.39, 0.29) is 0 Å². The smallest absolute Gasteiger partial charge is 0.0370 e. The van der Waals surface area contributed by atoms with Gasteiger partial charge in [-0.25, -0.2) is 0 Å². The number of aryl methyl sites for hydroxylation is 1. The number of piperazine rings is 1. The summed E-state index contributed by atoms with van der Waals surface area (Å²) in [4.78, 5) is 4.95. The van der Waals surface area contributed by atoms with Crippen molar-refractivity contribution >= 4 is 5.69 Å². The van der Waals surface area contributed by atoms with Crippen molar-refractivity contribution in [3.05, 3.63) is 29.3 Å². The molecule has 1 heterocycles. The molecular formula is C18H31N3. The lowest BCUT2D eigenvalue weighted by Gasteiger charge is -2.39. The predicted octanol–water partition coefficient (Wildman–Crippen LogP) is 2.88. The summed E-state index contributed by atoms with van der Waals surface area (Å²) in [5.74, 6) is 0.705. The molecule has 0 spiro atoms. The van der Waals surface area contributed by atoms with Gasteiger partial charge in [0.1, 0.15) is 0 Å². The maximum Gasteiger partial charge on any atom is 0.0370 e. The molecule has 1 fully saturated rings. The zero-order valence-electron chi connectivity index (χ0n) is 14.3. The molecule has 0 aromatic heterocycles. The van der Waals surface area contributed by atoms with Gasteiger partial charge < -0.3 is 15.1 Å². The number of hydrogen-bond acceptors (Lipinski definition) is 3. The minimum atomic E-state index is 0.631. The van der Waals surface area contributed by atoms with Gasteiger partial charge in [0.05, 0.1) is 0 Å². The normalized spacial score (nSPS) is 20.3. The van der Waals surface area contributed by atoms with E-state index in [1.165, 1.54) is 16.8 Å². The van der Waals surface area contributed by atoms with E-state index in [4.69, 9.17) is 0 Å². The van der Waals surface area contributed by atoms with Crippen LogP contribution in [0.4, 0.5) is 5.69 Å². The van der Waals surface area contributed by atoms with E-state index in [0.717, 1.165) is 32.7 Å². The Bertz CT molecular complexity index is 456. The van der Waals surface area contributed by atoms with E-state index < -0.39 is 0 Å². The van der Waals surface area contributed by atoms with Crippen LogP contribution in [0.3, 0.4) is 0 Å². The van der Waals surface area contributed by atoms with Gasteiger partial charge in [-0.2, -0.15) is 0 Å². The third-order valence-electron chi connectivity index (χ3n) is 4.52. The summed E-state index contributed by atoms with van der Waals surface area (Å²) in [5, 5.41) is 3.53. The molecule has 1 aromatic carbocycles. The average molecular weight is 289 g/mol. The SMILES string of the molecule is Cc1cc(N2CCN(C)C(C)C2)ccc1CNCC(C)C. The van der Waals surface area contributed by atoms with Gasteiger partial charge in [0, 0.05) is 37.9 Å². The van der Waals surface area contributed by atoms with Crippen LogP contribution in [0.25, 0.3) is 0 Å². The highest BCUT2D eigenvalue weighted by Gasteiger charge is 2.20. The predicted molar refractivity (Wildman–Crippen MR) is 92.0 cm³/mol. The first-order valence-corrected chi connectivity index (χ1v) is 8.22. The highest BCUT2D eigenvalue weighted by molar-refractivity contribution is 5.51. The summed E-state index contributed by atoms with van der Waals surface area (Å²) in [5.41, 5.74) is 4.19. The number of nitrogens with zero attached hydrogens (tertiary/aromatic N) is 2. The van der Waals surface area contributed by atoms with Crippen molar-refractivity contribution in [2.24, 2.45) is 5.92 Å². The van der Waals surface area contributed by atoms with E-state index in [1.807, 2.05) is 0 Å². The fourth-order valence-electron chi connectivity index (χ4n) is 2.85.